The maximum absolute atomic E-state index is 11.9. The number of carbonyl (C=O) groups excluding carboxylic acids is 1. The number of H-pyrrole nitrogens is 1. The predicted molar refractivity (Wildman–Crippen MR) is 61.9 cm³/mol. The maximum Gasteiger partial charge on any atom is 0.303 e. The van der Waals surface area contributed by atoms with Crippen molar-refractivity contribution < 1.29 is 14.7 Å². The van der Waals surface area contributed by atoms with Gasteiger partial charge in [-0.05, 0) is 25.2 Å². The third-order valence-electron chi connectivity index (χ3n) is 3.30. The number of aromatic amines is 1. The van der Waals surface area contributed by atoms with E-state index in [-0.39, 0.29) is 12.3 Å². The van der Waals surface area contributed by atoms with Crippen LogP contribution in [0, 0.1) is 5.92 Å². The standard InChI is InChI=1S/C11H16N4O3/c16-10(17)2-1-8-3-5-15(6-4-8)11(18)9-7-12-14-13-9/h7-8H,1-6H2,(H,16,17)(H,12,13,14). The van der Waals surface area contributed by atoms with Gasteiger partial charge in [-0.3, -0.25) is 9.59 Å². The van der Waals surface area contributed by atoms with Crippen molar-refractivity contribution in [2.24, 2.45) is 5.92 Å². The fraction of sp³-hybridized carbons (Fsp3) is 0.636. The highest BCUT2D eigenvalue weighted by molar-refractivity contribution is 5.91. The second-order valence-corrected chi connectivity index (χ2v) is 4.52. The summed E-state index contributed by atoms with van der Waals surface area (Å²) in [6, 6.07) is 0. The van der Waals surface area contributed by atoms with E-state index in [0.717, 1.165) is 12.8 Å². The van der Waals surface area contributed by atoms with E-state index >= 15 is 0 Å². The molecule has 0 unspecified atom stereocenters. The molecule has 0 radical (unpaired) electrons. The first-order chi connectivity index (χ1) is 8.66. The normalized spacial score (nSPS) is 16.8. The Bertz CT molecular complexity index is 410. The van der Waals surface area contributed by atoms with Crippen molar-refractivity contribution in [1.82, 2.24) is 20.3 Å². The SMILES string of the molecule is O=C(O)CCC1CCN(C(=O)c2cn[nH]n2)CC1. The molecule has 0 spiro atoms. The Labute approximate surface area is 104 Å². The van der Waals surface area contributed by atoms with Crippen molar-refractivity contribution in [1.29, 1.82) is 0 Å². The van der Waals surface area contributed by atoms with Gasteiger partial charge in [0, 0.05) is 19.5 Å². The molecule has 1 aromatic heterocycles. The van der Waals surface area contributed by atoms with Crippen LogP contribution in [0.5, 0.6) is 0 Å². The lowest BCUT2D eigenvalue weighted by Gasteiger charge is -2.31. The van der Waals surface area contributed by atoms with Crippen LogP contribution in [0.15, 0.2) is 6.20 Å². The molecule has 1 saturated heterocycles. The van der Waals surface area contributed by atoms with E-state index in [9.17, 15) is 9.59 Å². The fourth-order valence-corrected chi connectivity index (χ4v) is 2.22. The van der Waals surface area contributed by atoms with E-state index in [1.54, 1.807) is 4.90 Å². The van der Waals surface area contributed by atoms with Gasteiger partial charge >= 0.3 is 5.97 Å². The number of amides is 1. The molecule has 0 aliphatic carbocycles. The Morgan fingerprint density at radius 1 is 1.44 bits per heavy atom. The number of likely N-dealkylation sites (tertiary alicyclic amines) is 1. The van der Waals surface area contributed by atoms with Crippen LogP contribution in [0.3, 0.4) is 0 Å². The highest BCUT2D eigenvalue weighted by Crippen LogP contribution is 2.22. The summed E-state index contributed by atoms with van der Waals surface area (Å²) in [5.74, 6) is -0.459. The zero-order valence-electron chi connectivity index (χ0n) is 10.0. The van der Waals surface area contributed by atoms with Gasteiger partial charge in [0.15, 0.2) is 5.69 Å². The number of rotatable bonds is 4. The van der Waals surface area contributed by atoms with Gasteiger partial charge in [0.05, 0.1) is 6.20 Å². The molecule has 1 aliphatic heterocycles. The first kappa shape index (κ1) is 12.5. The van der Waals surface area contributed by atoms with Crippen molar-refractivity contribution >= 4 is 11.9 Å². The smallest absolute Gasteiger partial charge is 0.303 e. The average Bonchev–Trinajstić information content (AvgIpc) is 2.90. The summed E-state index contributed by atoms with van der Waals surface area (Å²) in [6.45, 7) is 1.33. The first-order valence-electron chi connectivity index (χ1n) is 6.03. The molecule has 0 atom stereocenters. The summed E-state index contributed by atoms with van der Waals surface area (Å²) in [5.41, 5.74) is 0.332. The van der Waals surface area contributed by atoms with Gasteiger partial charge in [0.2, 0.25) is 0 Å². The quantitative estimate of drug-likeness (QED) is 0.814. The number of carboxylic acid groups (broad SMARTS) is 1. The lowest BCUT2D eigenvalue weighted by molar-refractivity contribution is -0.137. The van der Waals surface area contributed by atoms with E-state index < -0.39 is 5.97 Å². The molecule has 98 valence electrons. The number of hydrogen-bond acceptors (Lipinski definition) is 4. The summed E-state index contributed by atoms with van der Waals surface area (Å²) >= 11 is 0. The van der Waals surface area contributed by atoms with Crippen molar-refractivity contribution in [3.63, 3.8) is 0 Å². The largest absolute Gasteiger partial charge is 0.481 e. The molecule has 18 heavy (non-hydrogen) atoms. The first-order valence-corrected chi connectivity index (χ1v) is 6.03. The number of hydrogen-bond donors (Lipinski definition) is 2. The van der Waals surface area contributed by atoms with E-state index in [0.29, 0.717) is 31.1 Å². The zero-order chi connectivity index (χ0) is 13.0. The highest BCUT2D eigenvalue weighted by atomic mass is 16.4. The van der Waals surface area contributed by atoms with Crippen molar-refractivity contribution in [2.75, 3.05) is 13.1 Å². The van der Waals surface area contributed by atoms with Gasteiger partial charge in [-0.15, -0.1) is 0 Å². The lowest BCUT2D eigenvalue weighted by atomic mass is 9.92. The van der Waals surface area contributed by atoms with Gasteiger partial charge in [-0.1, -0.05) is 0 Å². The minimum Gasteiger partial charge on any atom is -0.481 e. The van der Waals surface area contributed by atoms with Crippen molar-refractivity contribution in [2.45, 2.75) is 25.7 Å². The molecular weight excluding hydrogens is 236 g/mol. The van der Waals surface area contributed by atoms with Gasteiger partial charge < -0.3 is 10.0 Å². The Morgan fingerprint density at radius 3 is 2.72 bits per heavy atom. The number of aromatic nitrogens is 3. The highest BCUT2D eigenvalue weighted by Gasteiger charge is 2.24. The van der Waals surface area contributed by atoms with Crippen LogP contribution in [-0.2, 0) is 4.79 Å². The summed E-state index contributed by atoms with van der Waals surface area (Å²) in [4.78, 5) is 24.2. The molecule has 0 aromatic carbocycles. The molecule has 0 saturated carbocycles. The summed E-state index contributed by atoms with van der Waals surface area (Å²) in [7, 11) is 0. The monoisotopic (exact) mass is 252 g/mol. The van der Waals surface area contributed by atoms with Crippen molar-refractivity contribution in [3.8, 4) is 0 Å². The number of carbonyl (C=O) groups is 2. The van der Waals surface area contributed by atoms with E-state index in [2.05, 4.69) is 15.4 Å². The minimum absolute atomic E-state index is 0.111. The molecule has 1 aliphatic rings. The topological polar surface area (TPSA) is 99.2 Å². The van der Waals surface area contributed by atoms with E-state index in [4.69, 9.17) is 5.11 Å². The lowest BCUT2D eigenvalue weighted by Crippen LogP contribution is -2.38. The van der Waals surface area contributed by atoms with Crippen LogP contribution in [0.2, 0.25) is 0 Å². The molecule has 7 nitrogen and oxygen atoms in total. The van der Waals surface area contributed by atoms with Crippen LogP contribution in [-0.4, -0.2) is 50.4 Å². The fourth-order valence-electron chi connectivity index (χ4n) is 2.22. The Hall–Kier alpha value is -1.92. The summed E-state index contributed by atoms with van der Waals surface area (Å²) in [5, 5.41) is 18.4. The molecular formula is C11H16N4O3. The van der Waals surface area contributed by atoms with Crippen LogP contribution < -0.4 is 0 Å². The van der Waals surface area contributed by atoms with Crippen molar-refractivity contribution in [3.05, 3.63) is 11.9 Å². The van der Waals surface area contributed by atoms with E-state index in [1.807, 2.05) is 0 Å². The Kier molecular flexibility index (Phi) is 3.91. The van der Waals surface area contributed by atoms with Crippen LogP contribution in [0.25, 0.3) is 0 Å². The van der Waals surface area contributed by atoms with Crippen LogP contribution >= 0.6 is 0 Å². The zero-order valence-corrected chi connectivity index (χ0v) is 10.0. The predicted octanol–water partition coefficient (Wildman–Crippen LogP) is 0.522. The molecule has 1 aromatic rings. The number of piperidine rings is 1. The minimum atomic E-state index is -0.754. The average molecular weight is 252 g/mol. The second kappa shape index (κ2) is 5.61. The third-order valence-corrected chi connectivity index (χ3v) is 3.30. The number of carboxylic acids is 1. The number of nitrogens with zero attached hydrogens (tertiary/aromatic N) is 3. The molecule has 1 fully saturated rings. The number of aliphatic carboxylic acids is 1. The van der Waals surface area contributed by atoms with Gasteiger partial charge in [-0.2, -0.15) is 15.4 Å². The third kappa shape index (κ3) is 3.06. The molecule has 2 rings (SSSR count). The molecule has 1 amide bonds. The Morgan fingerprint density at radius 2 is 2.17 bits per heavy atom. The van der Waals surface area contributed by atoms with Gasteiger partial charge in [0.25, 0.3) is 5.91 Å². The van der Waals surface area contributed by atoms with Gasteiger partial charge in [0.1, 0.15) is 0 Å². The van der Waals surface area contributed by atoms with Gasteiger partial charge in [-0.25, -0.2) is 0 Å². The summed E-state index contributed by atoms with van der Waals surface area (Å²) < 4.78 is 0. The molecule has 2 heterocycles. The second-order valence-electron chi connectivity index (χ2n) is 4.52. The summed E-state index contributed by atoms with van der Waals surface area (Å²) in [6.07, 6.45) is 4.04. The van der Waals surface area contributed by atoms with E-state index in [1.165, 1.54) is 6.20 Å². The van der Waals surface area contributed by atoms with Crippen LogP contribution in [0.1, 0.15) is 36.2 Å². The van der Waals surface area contributed by atoms with Crippen LogP contribution in [0.4, 0.5) is 0 Å². The molecule has 0 bridgehead atoms. The Balaban J connectivity index is 1.80. The molecule has 7 heteroatoms. The number of nitrogens with one attached hydrogen (secondary N) is 1. The maximum atomic E-state index is 11.9. The molecule has 2 N–H and O–H groups in total.